The number of hydrazine groups is 1. The maximum atomic E-state index is 13.4. The maximum absolute atomic E-state index is 13.4. The van der Waals surface area contributed by atoms with Gasteiger partial charge in [0.05, 0.1) is 23.8 Å². The molecule has 2 heterocycles. The van der Waals surface area contributed by atoms with E-state index in [1.807, 2.05) is 12.4 Å². The molecule has 2 fully saturated rings. The Hall–Kier alpha value is -4.92. The molecule has 0 spiro atoms. The van der Waals surface area contributed by atoms with E-state index >= 15 is 0 Å². The van der Waals surface area contributed by atoms with E-state index in [0.717, 1.165) is 58.4 Å². The van der Waals surface area contributed by atoms with Gasteiger partial charge in [0.25, 0.3) is 0 Å². The lowest BCUT2D eigenvalue weighted by atomic mass is 9.92. The summed E-state index contributed by atoms with van der Waals surface area (Å²) in [6.45, 7) is 1.68. The van der Waals surface area contributed by atoms with Crippen LogP contribution in [-0.2, 0) is 13.1 Å². The van der Waals surface area contributed by atoms with Crippen molar-refractivity contribution < 1.29 is 8.78 Å². The predicted octanol–water partition coefficient (Wildman–Crippen LogP) is 9.01. The van der Waals surface area contributed by atoms with Crippen LogP contribution in [0.3, 0.4) is 0 Å². The topological polar surface area (TPSA) is 63.8 Å². The molecule has 6 aromatic rings. The van der Waals surface area contributed by atoms with E-state index in [0.29, 0.717) is 12.1 Å². The molecule has 2 aromatic heterocycles. The van der Waals surface area contributed by atoms with Crippen molar-refractivity contribution in [3.8, 4) is 45.3 Å². The zero-order chi connectivity index (χ0) is 31.7. The van der Waals surface area contributed by atoms with Crippen molar-refractivity contribution in [2.24, 2.45) is 0 Å². The fourth-order valence-corrected chi connectivity index (χ4v) is 6.41. The first-order chi connectivity index (χ1) is 23.1. The van der Waals surface area contributed by atoms with Crippen molar-refractivity contribution in [2.45, 2.75) is 57.3 Å². The normalized spacial score (nSPS) is 15.0. The number of nitrogens with one attached hydrogen (secondary N) is 2. The molecular weight excluding hydrogens is 590 g/mol. The average Bonchev–Trinajstić information content (AvgIpc) is 3.57. The highest BCUT2D eigenvalue weighted by molar-refractivity contribution is 5.66. The van der Waals surface area contributed by atoms with Crippen LogP contribution in [0.15, 0.2) is 109 Å². The quantitative estimate of drug-likeness (QED) is 0.141. The molecule has 8 heteroatoms. The Morgan fingerprint density at radius 3 is 1.40 bits per heavy atom. The summed E-state index contributed by atoms with van der Waals surface area (Å²) in [5, 5.41) is 5.25. The summed E-state index contributed by atoms with van der Waals surface area (Å²) >= 11 is 0. The van der Waals surface area contributed by atoms with Crippen LogP contribution in [0.1, 0.15) is 43.2 Å². The summed E-state index contributed by atoms with van der Waals surface area (Å²) in [6, 6.07) is 31.3. The van der Waals surface area contributed by atoms with Gasteiger partial charge >= 0.3 is 0 Å². The summed E-state index contributed by atoms with van der Waals surface area (Å²) in [4.78, 5) is 16.0. The molecule has 2 aliphatic carbocycles. The first-order valence-electron chi connectivity index (χ1n) is 16.4. The van der Waals surface area contributed by atoms with Gasteiger partial charge in [-0.3, -0.25) is 0 Å². The molecule has 4 aromatic carbocycles. The number of halogens is 2. The minimum Gasteiger partial charge on any atom is -0.338 e. The minimum absolute atomic E-state index is 0.257. The van der Waals surface area contributed by atoms with Crippen molar-refractivity contribution in [3.63, 3.8) is 0 Å². The van der Waals surface area contributed by atoms with Gasteiger partial charge in [-0.2, -0.15) is 0 Å². The van der Waals surface area contributed by atoms with Crippen LogP contribution in [0.25, 0.3) is 45.3 Å². The standard InChI is InChI=1S/C39H36F2N6/c40-32-14-10-28(11-15-32)38-42-22-36(44-38)30-6-1-4-26(20-30)24-46(34-8-3-9-34)47(35-18-19-35)25-27-5-2-7-31(21-27)37-23-43-39(45-37)29-12-16-33(41)17-13-29/h1-2,4-7,10-17,20-23,34-35H,3,8-9,18-19,24-25H2,(H,42,44)(H,43,45). The van der Waals surface area contributed by atoms with Crippen LogP contribution in [0.2, 0.25) is 0 Å². The van der Waals surface area contributed by atoms with Crippen LogP contribution in [0.5, 0.6) is 0 Å². The monoisotopic (exact) mass is 626 g/mol. The van der Waals surface area contributed by atoms with Gasteiger partial charge in [-0.05, 0) is 109 Å². The summed E-state index contributed by atoms with van der Waals surface area (Å²) < 4.78 is 26.9. The van der Waals surface area contributed by atoms with Gasteiger partial charge in [-0.25, -0.2) is 28.8 Å². The molecule has 236 valence electrons. The van der Waals surface area contributed by atoms with Crippen molar-refractivity contribution >= 4 is 0 Å². The molecule has 6 nitrogen and oxygen atoms in total. The van der Waals surface area contributed by atoms with Gasteiger partial charge in [0, 0.05) is 36.3 Å². The molecule has 2 aliphatic rings. The van der Waals surface area contributed by atoms with E-state index in [1.54, 1.807) is 24.3 Å². The van der Waals surface area contributed by atoms with Crippen LogP contribution >= 0.6 is 0 Å². The van der Waals surface area contributed by atoms with Crippen molar-refractivity contribution in [1.82, 2.24) is 30.0 Å². The van der Waals surface area contributed by atoms with Crippen molar-refractivity contribution in [1.29, 1.82) is 0 Å². The molecule has 2 N–H and O–H groups in total. The number of aromatic amines is 2. The second-order valence-corrected chi connectivity index (χ2v) is 12.7. The second kappa shape index (κ2) is 12.7. The Labute approximate surface area is 273 Å². The maximum Gasteiger partial charge on any atom is 0.137 e. The number of benzene rings is 4. The van der Waals surface area contributed by atoms with E-state index in [9.17, 15) is 8.78 Å². The SMILES string of the molecule is Fc1ccc(-c2ncc(-c3cccc(CN(C4CCC4)N(Cc4cccc(-c5cnc(-c6ccc(F)cc6)[nH]5)c4)C4CC4)c3)[nH]2)cc1. The second-order valence-electron chi connectivity index (χ2n) is 12.7. The molecule has 0 unspecified atom stereocenters. The Kier molecular flexibility index (Phi) is 7.97. The number of H-pyrrole nitrogens is 2. The summed E-state index contributed by atoms with van der Waals surface area (Å²) in [5.41, 5.74) is 8.29. The summed E-state index contributed by atoms with van der Waals surface area (Å²) in [6.07, 6.45) is 9.83. The highest BCUT2D eigenvalue weighted by Crippen LogP contribution is 2.37. The van der Waals surface area contributed by atoms with Gasteiger partial charge in [-0.15, -0.1) is 0 Å². The number of nitrogens with zero attached hydrogens (tertiary/aromatic N) is 4. The molecule has 0 aliphatic heterocycles. The van der Waals surface area contributed by atoms with Crippen LogP contribution in [0.4, 0.5) is 8.78 Å². The zero-order valence-corrected chi connectivity index (χ0v) is 26.0. The molecule has 0 bridgehead atoms. The number of hydrogen-bond acceptors (Lipinski definition) is 4. The molecular formula is C39H36F2N6. The number of rotatable bonds is 11. The zero-order valence-electron chi connectivity index (χ0n) is 26.0. The third-order valence-corrected chi connectivity index (χ3v) is 9.35. The minimum atomic E-state index is -0.257. The Morgan fingerprint density at radius 1 is 0.553 bits per heavy atom. The number of aromatic nitrogens is 4. The molecule has 0 radical (unpaired) electrons. The van der Waals surface area contributed by atoms with E-state index < -0.39 is 0 Å². The lowest BCUT2D eigenvalue weighted by Crippen LogP contribution is -2.51. The Balaban J connectivity index is 1.02. The van der Waals surface area contributed by atoms with Gasteiger partial charge in [0.15, 0.2) is 0 Å². The van der Waals surface area contributed by atoms with Crippen LogP contribution in [0, 0.1) is 11.6 Å². The fraction of sp³-hybridized carbons (Fsp3) is 0.231. The smallest absolute Gasteiger partial charge is 0.137 e. The Bertz CT molecular complexity index is 1970. The van der Waals surface area contributed by atoms with Crippen LogP contribution in [-0.4, -0.2) is 42.0 Å². The summed E-state index contributed by atoms with van der Waals surface area (Å²) in [5.74, 6) is 0.940. The molecule has 2 saturated carbocycles. The van der Waals surface area contributed by atoms with Gasteiger partial charge in [0.2, 0.25) is 0 Å². The fourth-order valence-electron chi connectivity index (χ4n) is 6.41. The van der Waals surface area contributed by atoms with E-state index in [4.69, 9.17) is 0 Å². The third kappa shape index (κ3) is 6.52. The van der Waals surface area contributed by atoms with Gasteiger partial charge in [0.1, 0.15) is 23.3 Å². The molecule has 8 rings (SSSR count). The number of hydrogen-bond donors (Lipinski definition) is 2. The average molecular weight is 627 g/mol. The van der Waals surface area contributed by atoms with E-state index in [1.165, 1.54) is 67.5 Å². The lowest BCUT2D eigenvalue weighted by Gasteiger charge is -2.45. The summed E-state index contributed by atoms with van der Waals surface area (Å²) in [7, 11) is 0. The third-order valence-electron chi connectivity index (χ3n) is 9.35. The number of imidazole rings is 2. The van der Waals surface area contributed by atoms with Crippen LogP contribution < -0.4 is 0 Å². The first-order valence-corrected chi connectivity index (χ1v) is 16.4. The lowest BCUT2D eigenvalue weighted by molar-refractivity contribution is -0.105. The first kappa shape index (κ1) is 29.5. The highest BCUT2D eigenvalue weighted by atomic mass is 19.1. The largest absolute Gasteiger partial charge is 0.338 e. The molecule has 0 saturated heterocycles. The van der Waals surface area contributed by atoms with Crippen molar-refractivity contribution in [2.75, 3.05) is 0 Å². The molecule has 0 amide bonds. The van der Waals surface area contributed by atoms with Crippen molar-refractivity contribution in [3.05, 3.63) is 132 Å². The van der Waals surface area contributed by atoms with Gasteiger partial charge in [-0.1, -0.05) is 42.8 Å². The van der Waals surface area contributed by atoms with Gasteiger partial charge < -0.3 is 9.97 Å². The predicted molar refractivity (Wildman–Crippen MR) is 181 cm³/mol. The molecule has 0 atom stereocenters. The van der Waals surface area contributed by atoms with E-state index in [-0.39, 0.29) is 11.6 Å². The Morgan fingerprint density at radius 2 is 1.00 bits per heavy atom. The van der Waals surface area contributed by atoms with E-state index in [2.05, 4.69) is 78.5 Å². The highest BCUT2D eigenvalue weighted by Gasteiger charge is 2.38. The molecule has 47 heavy (non-hydrogen) atoms.